The minimum absolute atomic E-state index is 0.285. The first-order chi connectivity index (χ1) is 16.0. The number of hydrogen-bond acceptors (Lipinski definition) is 10. The van der Waals surface area contributed by atoms with Crippen molar-refractivity contribution in [3.8, 4) is 5.75 Å². The van der Waals surface area contributed by atoms with Crippen LogP contribution in [-0.2, 0) is 25.4 Å². The smallest absolute Gasteiger partial charge is 0.342 e. The monoisotopic (exact) mass is 491 g/mol. The van der Waals surface area contributed by atoms with Crippen molar-refractivity contribution < 1.29 is 23.4 Å². The number of nitrogen functional groups attached to an aromatic ring is 1. The summed E-state index contributed by atoms with van der Waals surface area (Å²) < 4.78 is 32.6. The van der Waals surface area contributed by atoms with Gasteiger partial charge in [0.1, 0.15) is 29.5 Å². The number of nitrogens with one attached hydrogen (secondary N) is 1. The van der Waals surface area contributed by atoms with E-state index < -0.39 is 25.1 Å². The molecule has 3 heterocycles. The molecule has 2 atom stereocenters. The van der Waals surface area contributed by atoms with Crippen LogP contribution in [0.15, 0.2) is 37.2 Å². The molecule has 0 aliphatic rings. The minimum atomic E-state index is -3.73. The molecular weight excluding hydrogens is 461 g/mol. The van der Waals surface area contributed by atoms with Crippen molar-refractivity contribution in [3.05, 3.63) is 37.2 Å². The molecule has 0 saturated heterocycles. The Hall–Kier alpha value is -3.08. The van der Waals surface area contributed by atoms with E-state index in [0.717, 1.165) is 0 Å². The minimum Gasteiger partial charge on any atom is -0.462 e. The SMILES string of the molecule is CC(C)OC(=O)C(C)(C)NP(=O)(CO[C@H](C)Cn1cnc2c(N)ncnc21)Oc1ccncc1. The van der Waals surface area contributed by atoms with Crippen LogP contribution in [0.1, 0.15) is 34.6 Å². The molecule has 1 unspecified atom stereocenters. The Labute approximate surface area is 197 Å². The average molecular weight is 491 g/mol. The van der Waals surface area contributed by atoms with Gasteiger partial charge in [0, 0.05) is 12.4 Å². The fourth-order valence-corrected chi connectivity index (χ4v) is 5.09. The Bertz CT molecular complexity index is 1170. The van der Waals surface area contributed by atoms with Crippen LogP contribution in [0.3, 0.4) is 0 Å². The van der Waals surface area contributed by atoms with Crippen molar-refractivity contribution in [2.45, 2.75) is 58.9 Å². The lowest BCUT2D eigenvalue weighted by Gasteiger charge is -2.31. The summed E-state index contributed by atoms with van der Waals surface area (Å²) in [6, 6.07) is 3.14. The van der Waals surface area contributed by atoms with Crippen molar-refractivity contribution in [2.24, 2.45) is 0 Å². The number of ether oxygens (including phenoxy) is 2. The van der Waals surface area contributed by atoms with E-state index in [2.05, 4.69) is 25.0 Å². The van der Waals surface area contributed by atoms with Crippen molar-refractivity contribution >= 4 is 30.5 Å². The highest BCUT2D eigenvalue weighted by Gasteiger charge is 2.39. The predicted molar refractivity (Wildman–Crippen MR) is 126 cm³/mol. The highest BCUT2D eigenvalue weighted by molar-refractivity contribution is 7.57. The summed E-state index contributed by atoms with van der Waals surface area (Å²) in [6.07, 6.45) is 4.94. The van der Waals surface area contributed by atoms with E-state index in [1.165, 1.54) is 18.7 Å². The number of nitrogens with two attached hydrogens (primary N) is 1. The van der Waals surface area contributed by atoms with Gasteiger partial charge in [0.25, 0.3) is 0 Å². The molecule has 3 rings (SSSR count). The zero-order valence-electron chi connectivity index (χ0n) is 19.8. The molecule has 0 fully saturated rings. The maximum absolute atomic E-state index is 13.8. The van der Waals surface area contributed by atoms with Gasteiger partial charge in [-0.3, -0.25) is 14.3 Å². The lowest BCUT2D eigenvalue weighted by Crippen LogP contribution is -2.48. The number of pyridine rings is 1. The molecule has 3 aromatic heterocycles. The predicted octanol–water partition coefficient (Wildman–Crippen LogP) is 2.76. The molecular formula is C21H30N7O5P. The fourth-order valence-electron chi connectivity index (χ4n) is 3.07. The first-order valence-electron chi connectivity index (χ1n) is 10.7. The highest BCUT2D eigenvalue weighted by Crippen LogP contribution is 2.45. The van der Waals surface area contributed by atoms with E-state index in [1.807, 2.05) is 6.92 Å². The number of imidazole rings is 1. The molecule has 0 aliphatic heterocycles. The number of nitrogens with zero attached hydrogens (tertiary/aromatic N) is 5. The van der Waals surface area contributed by atoms with Crippen LogP contribution in [0.25, 0.3) is 11.2 Å². The van der Waals surface area contributed by atoms with Crippen LogP contribution < -0.4 is 15.3 Å². The molecule has 3 aromatic rings. The Morgan fingerprint density at radius 1 is 1.21 bits per heavy atom. The number of carbonyl (C=O) groups excluding carboxylic acids is 1. The normalized spacial score (nSPS) is 14.6. The molecule has 184 valence electrons. The largest absolute Gasteiger partial charge is 0.462 e. The summed E-state index contributed by atoms with van der Waals surface area (Å²) >= 11 is 0. The van der Waals surface area contributed by atoms with E-state index in [1.54, 1.807) is 50.7 Å². The zero-order chi connectivity index (χ0) is 24.9. The van der Waals surface area contributed by atoms with Crippen LogP contribution >= 0.6 is 7.52 Å². The summed E-state index contributed by atoms with van der Waals surface area (Å²) in [5, 5.41) is 2.83. The van der Waals surface area contributed by atoms with Gasteiger partial charge >= 0.3 is 13.5 Å². The van der Waals surface area contributed by atoms with Gasteiger partial charge in [0.05, 0.1) is 25.1 Å². The second kappa shape index (κ2) is 10.5. The van der Waals surface area contributed by atoms with E-state index in [0.29, 0.717) is 23.5 Å². The quantitative estimate of drug-likeness (QED) is 0.300. The van der Waals surface area contributed by atoms with Gasteiger partial charge < -0.3 is 24.3 Å². The van der Waals surface area contributed by atoms with Crippen LogP contribution in [0, 0.1) is 0 Å². The summed E-state index contributed by atoms with van der Waals surface area (Å²) in [5.41, 5.74) is 5.60. The summed E-state index contributed by atoms with van der Waals surface area (Å²) in [5.74, 6) is 0.0476. The van der Waals surface area contributed by atoms with Crippen molar-refractivity contribution in [2.75, 3.05) is 12.1 Å². The number of rotatable bonds is 11. The number of aromatic nitrogens is 5. The third kappa shape index (κ3) is 6.49. The van der Waals surface area contributed by atoms with E-state index in [4.69, 9.17) is 19.7 Å². The molecule has 12 nitrogen and oxygen atoms in total. The van der Waals surface area contributed by atoms with Gasteiger partial charge in [-0.05, 0) is 46.8 Å². The summed E-state index contributed by atoms with van der Waals surface area (Å²) in [4.78, 5) is 28.9. The Kier molecular flexibility index (Phi) is 7.86. The molecule has 0 aromatic carbocycles. The lowest BCUT2D eigenvalue weighted by molar-refractivity contribution is -0.153. The number of esters is 1. The van der Waals surface area contributed by atoms with Gasteiger partial charge in [-0.2, -0.15) is 0 Å². The molecule has 3 N–H and O–H groups in total. The molecule has 0 amide bonds. The Morgan fingerprint density at radius 2 is 1.91 bits per heavy atom. The molecule has 0 radical (unpaired) electrons. The molecule has 34 heavy (non-hydrogen) atoms. The third-order valence-corrected chi connectivity index (χ3v) is 6.51. The first kappa shape index (κ1) is 25.5. The highest BCUT2D eigenvalue weighted by atomic mass is 31.2. The van der Waals surface area contributed by atoms with E-state index in [9.17, 15) is 9.36 Å². The van der Waals surface area contributed by atoms with E-state index in [-0.39, 0.29) is 18.3 Å². The van der Waals surface area contributed by atoms with Crippen molar-refractivity contribution in [1.82, 2.24) is 29.6 Å². The fraction of sp³-hybridized carbons (Fsp3) is 0.476. The maximum atomic E-state index is 13.8. The Balaban J connectivity index is 1.74. The summed E-state index contributed by atoms with van der Waals surface area (Å²) in [7, 11) is -3.73. The van der Waals surface area contributed by atoms with Gasteiger partial charge in [-0.25, -0.2) is 20.0 Å². The van der Waals surface area contributed by atoms with Gasteiger partial charge in [0.15, 0.2) is 11.5 Å². The Morgan fingerprint density at radius 3 is 2.59 bits per heavy atom. The average Bonchev–Trinajstić information content (AvgIpc) is 3.16. The standard InChI is InChI=1S/C21H30N7O5P/c1-14(2)32-20(29)21(4,5)27-34(30,33-16-6-8-23-9-7-16)13-31-15(3)10-28-12-26-17-18(22)24-11-25-19(17)28/h6-9,11-12,14-15H,10,13H2,1-5H3,(H,27,30)(H2,22,24,25)/t15-,34?/m1/s1. The van der Waals surface area contributed by atoms with Crippen molar-refractivity contribution in [1.29, 1.82) is 0 Å². The molecule has 0 aliphatic carbocycles. The van der Waals surface area contributed by atoms with Gasteiger partial charge in [-0.15, -0.1) is 0 Å². The van der Waals surface area contributed by atoms with Crippen LogP contribution in [0.2, 0.25) is 0 Å². The summed E-state index contributed by atoms with van der Waals surface area (Å²) in [6.45, 7) is 8.80. The molecule has 13 heteroatoms. The van der Waals surface area contributed by atoms with Crippen LogP contribution in [0.4, 0.5) is 5.82 Å². The topological polar surface area (TPSA) is 156 Å². The second-order valence-corrected chi connectivity index (χ2v) is 10.6. The van der Waals surface area contributed by atoms with Gasteiger partial charge in [0.2, 0.25) is 0 Å². The van der Waals surface area contributed by atoms with Crippen LogP contribution in [0.5, 0.6) is 5.75 Å². The number of hydrogen-bond donors (Lipinski definition) is 2. The molecule has 0 bridgehead atoms. The van der Waals surface area contributed by atoms with Crippen molar-refractivity contribution in [3.63, 3.8) is 0 Å². The first-order valence-corrected chi connectivity index (χ1v) is 12.5. The number of carbonyl (C=O) groups is 1. The molecule has 0 saturated carbocycles. The maximum Gasteiger partial charge on any atom is 0.342 e. The third-order valence-electron chi connectivity index (χ3n) is 4.62. The number of anilines is 1. The molecule has 0 spiro atoms. The van der Waals surface area contributed by atoms with Crippen LogP contribution in [-0.4, -0.2) is 54.6 Å². The lowest BCUT2D eigenvalue weighted by atomic mass is 10.1. The zero-order valence-corrected chi connectivity index (χ0v) is 20.7. The van der Waals surface area contributed by atoms with E-state index >= 15 is 0 Å². The number of fused-ring (bicyclic) bond motifs is 1. The second-order valence-electron chi connectivity index (χ2n) is 8.57. The van der Waals surface area contributed by atoms with Gasteiger partial charge in [-0.1, -0.05) is 0 Å².